The van der Waals surface area contributed by atoms with Crippen LogP contribution in [0.15, 0.2) is 17.9 Å². The Hall–Kier alpha value is -1.98. The maximum absolute atomic E-state index is 13.0. The van der Waals surface area contributed by atoms with Gasteiger partial charge in [-0.1, -0.05) is 149 Å². The summed E-state index contributed by atoms with van der Waals surface area (Å²) >= 11 is 0. The molecule has 0 saturated carbocycles. The number of ether oxygens (including phenoxy) is 6. The van der Waals surface area contributed by atoms with Gasteiger partial charge in [0.15, 0.2) is 18.7 Å². The van der Waals surface area contributed by atoms with Crippen molar-refractivity contribution < 1.29 is 73.8 Å². The molecule has 7 N–H and O–H groups in total. The molecule has 15 nitrogen and oxygen atoms in total. The maximum Gasteiger partial charge on any atom is 0.306 e. The van der Waals surface area contributed by atoms with Crippen LogP contribution in [-0.4, -0.2) is 142 Å². The molecule has 0 amide bonds. The molecule has 0 radical (unpaired) electrons. The molecule has 0 aromatic carbocycles. The van der Waals surface area contributed by atoms with Crippen molar-refractivity contribution in [1.29, 1.82) is 0 Å². The zero-order valence-corrected chi connectivity index (χ0v) is 40.7. The maximum atomic E-state index is 13.0. The van der Waals surface area contributed by atoms with Crippen LogP contribution >= 0.6 is 0 Å². The molecule has 0 bridgehead atoms. The summed E-state index contributed by atoms with van der Waals surface area (Å²) in [5, 5.41) is 72.1. The van der Waals surface area contributed by atoms with Crippen molar-refractivity contribution in [1.82, 2.24) is 0 Å². The second-order valence-electron chi connectivity index (χ2n) is 18.5. The average molecular weight is 945 g/mol. The molecule has 2 aliphatic heterocycles. The van der Waals surface area contributed by atoms with E-state index in [-0.39, 0.29) is 26.1 Å². The lowest BCUT2D eigenvalue weighted by atomic mass is 9.98. The normalized spacial score (nSPS) is 25.8. The van der Waals surface area contributed by atoms with Crippen LogP contribution in [0.1, 0.15) is 200 Å². The average Bonchev–Trinajstić information content (AvgIpc) is 3.31. The van der Waals surface area contributed by atoms with Crippen LogP contribution < -0.4 is 0 Å². The summed E-state index contributed by atoms with van der Waals surface area (Å²) in [6.45, 7) is 2.57. The standard InChI is InChI=1S/C51H92O15/c1-3-5-7-9-11-13-15-17-19-21-23-25-27-29-31-33-42(53)61-36-39(64-43(54)34-32-30-28-26-24-22-20-18-16-14-12-10-8-6-4-2)37-62-50-49(60)47(58)45(56)41(66-50)38-63-51-48(59)46(57)44(55)40(35-52)65-51/h15,19,39-41,44-52,55-60H,3-14,16,18,20-38H2,1-2H3/t17?,39-,40-,41-,44+,45+,46?,47?,48?,49?,50-,51-/m1/s1. The van der Waals surface area contributed by atoms with Crippen molar-refractivity contribution in [2.24, 2.45) is 0 Å². The number of carbonyl (C=O) groups excluding carboxylic acids is 2. The molecule has 2 heterocycles. The Bertz CT molecular complexity index is 1260. The number of hydrogen-bond donors (Lipinski definition) is 7. The zero-order valence-electron chi connectivity index (χ0n) is 40.7. The number of hydrogen-bond acceptors (Lipinski definition) is 15. The van der Waals surface area contributed by atoms with Gasteiger partial charge in [-0.25, -0.2) is 0 Å². The minimum atomic E-state index is -1.76. The Labute approximate surface area is 396 Å². The quantitative estimate of drug-likeness (QED) is 0.0184. The van der Waals surface area contributed by atoms with Gasteiger partial charge >= 0.3 is 11.9 Å². The lowest BCUT2D eigenvalue weighted by Crippen LogP contribution is -2.61. The van der Waals surface area contributed by atoms with E-state index >= 15 is 0 Å². The third kappa shape index (κ3) is 26.7. The van der Waals surface area contributed by atoms with Gasteiger partial charge in [0.25, 0.3) is 0 Å². The fraction of sp³-hybridized carbons (Fsp3) is 0.902. The fourth-order valence-corrected chi connectivity index (χ4v) is 8.19. The van der Waals surface area contributed by atoms with Gasteiger partial charge < -0.3 is 64.2 Å². The highest BCUT2D eigenvalue weighted by Gasteiger charge is 2.47. The predicted octanol–water partition coefficient (Wildman–Crippen LogP) is 7.15. The van der Waals surface area contributed by atoms with E-state index < -0.39 is 92.7 Å². The van der Waals surface area contributed by atoms with Crippen LogP contribution in [0.25, 0.3) is 0 Å². The lowest BCUT2D eigenvalue weighted by Gasteiger charge is -2.42. The number of esters is 2. The molecule has 0 aromatic heterocycles. The second kappa shape index (κ2) is 38.8. The molecular formula is C51H92O15. The van der Waals surface area contributed by atoms with Gasteiger partial charge in [0.2, 0.25) is 0 Å². The SMILES string of the molecule is CCCCCCCC=C=CCCCCCCCC(=O)OC[C@H](CO[C@@H]1O[C@H](CO[C@@H]2O[C@H](CO)[C@H](O)C(O)C2O)[C@H](O)C(O)C1O)OC(=O)CCCCCCCCCCCCCCCCC. The summed E-state index contributed by atoms with van der Waals surface area (Å²) in [5.41, 5.74) is 3.29. The predicted molar refractivity (Wildman–Crippen MR) is 251 cm³/mol. The second-order valence-corrected chi connectivity index (χ2v) is 18.5. The van der Waals surface area contributed by atoms with Gasteiger partial charge in [0.1, 0.15) is 55.4 Å². The van der Waals surface area contributed by atoms with Gasteiger partial charge in [0.05, 0.1) is 19.8 Å². The van der Waals surface area contributed by atoms with E-state index in [1.165, 1.54) is 103 Å². The molecule has 0 aromatic rings. The molecule has 11 atom stereocenters. The first kappa shape index (κ1) is 60.1. The molecule has 4 unspecified atom stereocenters. The van der Waals surface area contributed by atoms with Crippen molar-refractivity contribution >= 4 is 11.9 Å². The molecule has 2 rings (SSSR count). The molecule has 2 fully saturated rings. The van der Waals surface area contributed by atoms with Crippen molar-refractivity contribution in [3.05, 3.63) is 17.9 Å². The van der Waals surface area contributed by atoms with E-state index in [9.17, 15) is 45.3 Å². The molecule has 2 aliphatic rings. The first-order chi connectivity index (χ1) is 32.0. The summed E-state index contributed by atoms with van der Waals surface area (Å²) in [4.78, 5) is 25.7. The van der Waals surface area contributed by atoms with E-state index in [1.54, 1.807) is 0 Å². The van der Waals surface area contributed by atoms with E-state index in [2.05, 4.69) is 31.7 Å². The summed E-state index contributed by atoms with van der Waals surface area (Å²) in [6, 6.07) is 0. The highest BCUT2D eigenvalue weighted by molar-refractivity contribution is 5.70. The molecular weight excluding hydrogens is 853 g/mol. The number of aliphatic hydroxyl groups excluding tert-OH is 7. The Morgan fingerprint density at radius 3 is 1.39 bits per heavy atom. The van der Waals surface area contributed by atoms with Gasteiger partial charge in [0, 0.05) is 12.8 Å². The Morgan fingerprint density at radius 1 is 0.500 bits per heavy atom. The summed E-state index contributed by atoms with van der Waals surface area (Å²) in [7, 11) is 0. The van der Waals surface area contributed by atoms with E-state index in [0.717, 1.165) is 57.8 Å². The summed E-state index contributed by atoms with van der Waals surface area (Å²) < 4.78 is 33.6. The molecule has 0 aliphatic carbocycles. The number of aliphatic hydroxyl groups is 7. The van der Waals surface area contributed by atoms with E-state index in [0.29, 0.717) is 12.8 Å². The molecule has 386 valence electrons. The number of carbonyl (C=O) groups is 2. The lowest BCUT2D eigenvalue weighted by molar-refractivity contribution is -0.332. The smallest absolute Gasteiger partial charge is 0.306 e. The highest BCUT2D eigenvalue weighted by atomic mass is 16.7. The Balaban J connectivity index is 1.82. The van der Waals surface area contributed by atoms with E-state index in [1.807, 2.05) is 0 Å². The van der Waals surface area contributed by atoms with Crippen LogP contribution in [0.3, 0.4) is 0 Å². The van der Waals surface area contributed by atoms with Crippen molar-refractivity contribution in [3.8, 4) is 0 Å². The Morgan fingerprint density at radius 2 is 0.909 bits per heavy atom. The molecule has 2 saturated heterocycles. The largest absolute Gasteiger partial charge is 0.462 e. The summed E-state index contributed by atoms with van der Waals surface area (Å²) in [5.74, 6) is -0.937. The van der Waals surface area contributed by atoms with Crippen LogP contribution in [0.2, 0.25) is 0 Å². The van der Waals surface area contributed by atoms with Gasteiger partial charge in [-0.15, -0.1) is 5.73 Å². The molecule has 15 heteroatoms. The van der Waals surface area contributed by atoms with Gasteiger partial charge in [-0.3, -0.25) is 9.59 Å². The molecule has 66 heavy (non-hydrogen) atoms. The van der Waals surface area contributed by atoms with Crippen molar-refractivity contribution in [2.75, 3.05) is 26.4 Å². The number of rotatable bonds is 40. The number of unbranched alkanes of at least 4 members (excludes halogenated alkanes) is 24. The first-order valence-electron chi connectivity index (χ1n) is 26.0. The topological polar surface area (TPSA) is 231 Å². The minimum absolute atomic E-state index is 0.165. The van der Waals surface area contributed by atoms with E-state index in [4.69, 9.17) is 28.4 Å². The van der Waals surface area contributed by atoms with Gasteiger partial charge in [-0.05, 0) is 50.7 Å². The van der Waals surface area contributed by atoms with Crippen molar-refractivity contribution in [3.63, 3.8) is 0 Å². The van der Waals surface area contributed by atoms with Crippen LogP contribution in [0, 0.1) is 0 Å². The fourth-order valence-electron chi connectivity index (χ4n) is 8.19. The third-order valence-corrected chi connectivity index (χ3v) is 12.5. The highest BCUT2D eigenvalue weighted by Crippen LogP contribution is 2.26. The van der Waals surface area contributed by atoms with Crippen molar-refractivity contribution in [2.45, 2.75) is 268 Å². The third-order valence-electron chi connectivity index (χ3n) is 12.5. The minimum Gasteiger partial charge on any atom is -0.462 e. The van der Waals surface area contributed by atoms with Crippen LogP contribution in [0.4, 0.5) is 0 Å². The van der Waals surface area contributed by atoms with Crippen LogP contribution in [0.5, 0.6) is 0 Å². The Kier molecular flexibility index (Phi) is 35.4. The van der Waals surface area contributed by atoms with Crippen LogP contribution in [-0.2, 0) is 38.0 Å². The monoisotopic (exact) mass is 945 g/mol. The first-order valence-corrected chi connectivity index (χ1v) is 26.0. The molecule has 0 spiro atoms. The van der Waals surface area contributed by atoms with Gasteiger partial charge in [-0.2, -0.15) is 0 Å². The summed E-state index contributed by atoms with van der Waals surface area (Å²) in [6.07, 6.45) is 18.7. The number of allylic oxidation sites excluding steroid dienone is 1. The zero-order chi connectivity index (χ0) is 48.2.